The summed E-state index contributed by atoms with van der Waals surface area (Å²) in [5.41, 5.74) is 5.34. The fourth-order valence-corrected chi connectivity index (χ4v) is 4.40. The van der Waals surface area contributed by atoms with Crippen molar-refractivity contribution in [3.05, 3.63) is 65.2 Å². The van der Waals surface area contributed by atoms with Gasteiger partial charge in [-0.3, -0.25) is 0 Å². The molecule has 22 heavy (non-hydrogen) atoms. The van der Waals surface area contributed by atoms with Crippen LogP contribution in [0.25, 0.3) is 0 Å². The Morgan fingerprint density at radius 1 is 1.00 bits per heavy atom. The Labute approximate surface area is 142 Å². The maximum absolute atomic E-state index is 5.01. The maximum atomic E-state index is 5.01. The Kier molecular flexibility index (Phi) is 5.75. The SMILES string of the molecule is Cc1cccc(C(C)C)c1[N]=[Mo]=[CH]C(C)(C)c1ccccc1. The van der Waals surface area contributed by atoms with E-state index in [9.17, 15) is 0 Å². The normalized spacial score (nSPS) is 11.4. The van der Waals surface area contributed by atoms with Crippen LogP contribution in [-0.2, 0) is 23.3 Å². The van der Waals surface area contributed by atoms with Crippen LogP contribution < -0.4 is 0 Å². The third-order valence-electron chi connectivity index (χ3n) is 3.90. The Balaban J connectivity index is 2.36. The third-order valence-corrected chi connectivity index (χ3v) is 6.32. The topological polar surface area (TPSA) is 12.4 Å². The van der Waals surface area contributed by atoms with Gasteiger partial charge >= 0.3 is 143 Å². The number of hydrogen-bond donors (Lipinski definition) is 0. The second-order valence-electron chi connectivity index (χ2n) is 6.57. The summed E-state index contributed by atoms with van der Waals surface area (Å²) in [4.78, 5) is 0. The predicted molar refractivity (Wildman–Crippen MR) is 92.9 cm³/mol. The van der Waals surface area contributed by atoms with Gasteiger partial charge in [0.25, 0.3) is 0 Å². The fraction of sp³-hybridized carbons (Fsp3) is 0.350. The molecule has 2 aromatic rings. The van der Waals surface area contributed by atoms with Gasteiger partial charge in [-0.05, 0) is 0 Å². The van der Waals surface area contributed by atoms with Crippen LogP contribution in [-0.4, -0.2) is 4.40 Å². The summed E-state index contributed by atoms with van der Waals surface area (Å²) in [6.07, 6.45) is 0. The van der Waals surface area contributed by atoms with Gasteiger partial charge in [-0.2, -0.15) is 0 Å². The summed E-state index contributed by atoms with van der Waals surface area (Å²) in [7, 11) is 0. The first-order chi connectivity index (χ1) is 10.4. The molecule has 0 aliphatic carbocycles. The fourth-order valence-electron chi connectivity index (χ4n) is 2.42. The molecule has 0 saturated heterocycles. The monoisotopic (exact) mass is 377 g/mol. The van der Waals surface area contributed by atoms with Crippen LogP contribution in [0.5, 0.6) is 0 Å². The molecule has 0 fully saturated rings. The molecule has 0 saturated carbocycles. The van der Waals surface area contributed by atoms with Crippen LogP contribution in [0.3, 0.4) is 0 Å². The summed E-state index contributed by atoms with van der Waals surface area (Å²) < 4.78 is 7.45. The average molecular weight is 375 g/mol. The Morgan fingerprint density at radius 2 is 1.68 bits per heavy atom. The second-order valence-corrected chi connectivity index (χ2v) is 8.12. The summed E-state index contributed by atoms with van der Waals surface area (Å²) in [5, 5.41) is 0. The molecule has 0 heterocycles. The average Bonchev–Trinajstić information content (AvgIpc) is 2.49. The van der Waals surface area contributed by atoms with E-state index in [1.807, 2.05) is 0 Å². The standard InChI is InChI=1S/C10H13N.C10H12.Mo/c1-7(2)9-6-4-5-8(3)10(9)11;1-10(2,3)9-7-5-4-6-8-9;/h4-7H,1-3H3;1,4-8H,2-3H3;. The molecule has 0 amide bonds. The quantitative estimate of drug-likeness (QED) is 0.599. The molecule has 0 aromatic heterocycles. The molecule has 0 aliphatic rings. The van der Waals surface area contributed by atoms with Crippen molar-refractivity contribution < 1.29 is 17.9 Å². The zero-order valence-electron chi connectivity index (χ0n) is 14.1. The molecular weight excluding hydrogens is 350 g/mol. The van der Waals surface area contributed by atoms with Gasteiger partial charge in [-0.25, -0.2) is 0 Å². The molecule has 0 aliphatic heterocycles. The summed E-state index contributed by atoms with van der Waals surface area (Å²) in [6.45, 7) is 11.2. The zero-order chi connectivity index (χ0) is 16.2. The van der Waals surface area contributed by atoms with E-state index in [2.05, 4.69) is 87.6 Å². The molecule has 2 rings (SSSR count). The van der Waals surface area contributed by atoms with Crippen molar-refractivity contribution in [1.82, 2.24) is 0 Å². The van der Waals surface area contributed by atoms with E-state index in [4.69, 9.17) is 3.50 Å². The molecule has 2 heteroatoms. The Morgan fingerprint density at radius 3 is 2.32 bits per heavy atom. The third kappa shape index (κ3) is 4.17. The first kappa shape index (κ1) is 17.2. The molecular formula is C20H25MoN. The van der Waals surface area contributed by atoms with Crippen molar-refractivity contribution in [2.75, 3.05) is 0 Å². The molecule has 0 unspecified atom stereocenters. The number of benzene rings is 2. The van der Waals surface area contributed by atoms with E-state index >= 15 is 0 Å². The van der Waals surface area contributed by atoms with Gasteiger partial charge < -0.3 is 0 Å². The minimum atomic E-state index is -0.523. The molecule has 1 nitrogen and oxygen atoms in total. The number of rotatable bonds is 4. The molecule has 0 spiro atoms. The summed E-state index contributed by atoms with van der Waals surface area (Å²) >= 11 is -0.523. The van der Waals surface area contributed by atoms with Crippen LogP contribution in [0.2, 0.25) is 0 Å². The van der Waals surface area contributed by atoms with E-state index in [1.54, 1.807) is 0 Å². The van der Waals surface area contributed by atoms with Crippen LogP contribution in [0.4, 0.5) is 5.69 Å². The van der Waals surface area contributed by atoms with Gasteiger partial charge in [-0.15, -0.1) is 0 Å². The van der Waals surface area contributed by atoms with Crippen LogP contribution in [0, 0.1) is 6.92 Å². The molecule has 0 bridgehead atoms. The Hall–Kier alpha value is -1.20. The van der Waals surface area contributed by atoms with Crippen molar-refractivity contribution in [2.45, 2.75) is 46.0 Å². The van der Waals surface area contributed by atoms with Gasteiger partial charge in [-0.1, -0.05) is 0 Å². The van der Waals surface area contributed by atoms with E-state index in [0.29, 0.717) is 5.92 Å². The molecule has 2 aromatic carbocycles. The van der Waals surface area contributed by atoms with Crippen LogP contribution >= 0.6 is 0 Å². The number of nitrogens with zero attached hydrogens (tertiary/aromatic N) is 1. The van der Waals surface area contributed by atoms with E-state index in [-0.39, 0.29) is 5.41 Å². The van der Waals surface area contributed by atoms with Crippen molar-refractivity contribution in [1.29, 1.82) is 0 Å². The number of aryl methyl sites for hydroxylation is 1. The predicted octanol–water partition coefficient (Wildman–Crippen LogP) is 5.80. The van der Waals surface area contributed by atoms with Crippen LogP contribution in [0.15, 0.2) is 52.0 Å². The van der Waals surface area contributed by atoms with E-state index in [0.717, 1.165) is 0 Å². The van der Waals surface area contributed by atoms with Crippen LogP contribution in [0.1, 0.15) is 50.3 Å². The first-order valence-electron chi connectivity index (χ1n) is 7.78. The minimum absolute atomic E-state index is 0.0910. The summed E-state index contributed by atoms with van der Waals surface area (Å²) in [5.74, 6) is 0.522. The van der Waals surface area contributed by atoms with Crippen molar-refractivity contribution >= 4 is 10.1 Å². The van der Waals surface area contributed by atoms with Crippen molar-refractivity contribution in [2.24, 2.45) is 3.50 Å². The Bertz CT molecular complexity index is 693. The molecule has 0 radical (unpaired) electrons. The van der Waals surface area contributed by atoms with Gasteiger partial charge in [0.1, 0.15) is 0 Å². The van der Waals surface area contributed by atoms with Gasteiger partial charge in [0.15, 0.2) is 0 Å². The van der Waals surface area contributed by atoms with Gasteiger partial charge in [0.2, 0.25) is 0 Å². The first-order valence-corrected chi connectivity index (χ1v) is 9.83. The molecule has 116 valence electrons. The zero-order valence-corrected chi connectivity index (χ0v) is 16.1. The van der Waals surface area contributed by atoms with Crippen molar-refractivity contribution in [3.8, 4) is 0 Å². The number of hydrogen-bond acceptors (Lipinski definition) is 1. The summed E-state index contributed by atoms with van der Waals surface area (Å²) in [6, 6.07) is 17.2. The molecule has 0 atom stereocenters. The van der Waals surface area contributed by atoms with Crippen molar-refractivity contribution in [3.63, 3.8) is 0 Å². The second kappa shape index (κ2) is 7.38. The van der Waals surface area contributed by atoms with E-state index < -0.39 is 17.9 Å². The van der Waals surface area contributed by atoms with Gasteiger partial charge in [0.05, 0.1) is 0 Å². The van der Waals surface area contributed by atoms with E-state index in [1.165, 1.54) is 22.4 Å². The van der Waals surface area contributed by atoms with Gasteiger partial charge in [0, 0.05) is 0 Å². The molecule has 0 N–H and O–H groups in total.